The van der Waals surface area contributed by atoms with Gasteiger partial charge in [-0.3, -0.25) is 9.78 Å². The van der Waals surface area contributed by atoms with Crippen LogP contribution in [0.5, 0.6) is 5.75 Å². The molecule has 21 heavy (non-hydrogen) atoms. The van der Waals surface area contributed by atoms with Crippen LogP contribution in [0.25, 0.3) is 0 Å². The van der Waals surface area contributed by atoms with Crippen molar-refractivity contribution in [2.24, 2.45) is 0 Å². The number of hydrogen-bond donors (Lipinski definition) is 0. The summed E-state index contributed by atoms with van der Waals surface area (Å²) in [5.74, 6) is 0.673. The van der Waals surface area contributed by atoms with E-state index in [-0.39, 0.29) is 12.5 Å². The highest BCUT2D eigenvalue weighted by Crippen LogP contribution is 2.11. The van der Waals surface area contributed by atoms with Gasteiger partial charge in [-0.15, -0.1) is 0 Å². The minimum atomic E-state index is -0.0382. The van der Waals surface area contributed by atoms with Crippen molar-refractivity contribution in [1.82, 2.24) is 9.88 Å². The van der Waals surface area contributed by atoms with Crippen molar-refractivity contribution in [2.45, 2.75) is 20.4 Å². The van der Waals surface area contributed by atoms with Gasteiger partial charge in [-0.2, -0.15) is 0 Å². The number of amides is 1. The quantitative estimate of drug-likeness (QED) is 0.819. The molecule has 0 atom stereocenters. The standard InChI is InChI=1S/C17H20N2O2/c1-3-19(12-15-6-4-5-11-18-15)17(20)13-21-16-9-7-14(2)8-10-16/h4-11H,3,12-13H2,1-2H3. The monoisotopic (exact) mass is 284 g/mol. The Labute approximate surface area is 125 Å². The van der Waals surface area contributed by atoms with E-state index in [1.54, 1.807) is 11.1 Å². The van der Waals surface area contributed by atoms with Crippen LogP contribution in [0.3, 0.4) is 0 Å². The number of benzene rings is 1. The SMILES string of the molecule is CCN(Cc1ccccn1)C(=O)COc1ccc(C)cc1. The molecule has 1 aromatic heterocycles. The van der Waals surface area contributed by atoms with Gasteiger partial charge in [-0.05, 0) is 38.1 Å². The summed E-state index contributed by atoms with van der Waals surface area (Å²) in [6.07, 6.45) is 1.73. The number of carbonyl (C=O) groups excluding carboxylic acids is 1. The van der Waals surface area contributed by atoms with Gasteiger partial charge >= 0.3 is 0 Å². The first kappa shape index (κ1) is 15.0. The molecule has 0 saturated heterocycles. The van der Waals surface area contributed by atoms with E-state index in [1.807, 2.05) is 56.3 Å². The Morgan fingerprint density at radius 3 is 2.57 bits per heavy atom. The van der Waals surface area contributed by atoms with Crippen molar-refractivity contribution in [3.05, 3.63) is 59.9 Å². The summed E-state index contributed by atoms with van der Waals surface area (Å²) in [7, 11) is 0. The highest BCUT2D eigenvalue weighted by Gasteiger charge is 2.13. The Morgan fingerprint density at radius 1 is 1.19 bits per heavy atom. The third kappa shape index (κ3) is 4.60. The maximum absolute atomic E-state index is 12.2. The highest BCUT2D eigenvalue weighted by molar-refractivity contribution is 5.77. The fourth-order valence-corrected chi connectivity index (χ4v) is 1.93. The molecule has 2 aromatic rings. The third-order valence-electron chi connectivity index (χ3n) is 3.20. The van der Waals surface area contributed by atoms with E-state index in [4.69, 9.17) is 4.74 Å². The first-order valence-electron chi connectivity index (χ1n) is 7.06. The lowest BCUT2D eigenvalue weighted by atomic mass is 10.2. The van der Waals surface area contributed by atoms with E-state index in [0.29, 0.717) is 18.8 Å². The first-order valence-corrected chi connectivity index (χ1v) is 7.06. The molecule has 110 valence electrons. The Hall–Kier alpha value is -2.36. The number of aromatic nitrogens is 1. The van der Waals surface area contributed by atoms with Crippen LogP contribution >= 0.6 is 0 Å². The fraction of sp³-hybridized carbons (Fsp3) is 0.294. The van der Waals surface area contributed by atoms with Gasteiger partial charge in [-0.1, -0.05) is 23.8 Å². The zero-order chi connectivity index (χ0) is 15.1. The molecule has 0 bridgehead atoms. The van der Waals surface area contributed by atoms with Gasteiger partial charge in [0.05, 0.1) is 12.2 Å². The molecule has 0 radical (unpaired) electrons. The predicted molar refractivity (Wildman–Crippen MR) is 82.0 cm³/mol. The van der Waals surface area contributed by atoms with Gasteiger partial charge in [0.15, 0.2) is 6.61 Å². The van der Waals surface area contributed by atoms with Gasteiger partial charge < -0.3 is 9.64 Å². The number of hydrogen-bond acceptors (Lipinski definition) is 3. The molecule has 0 fully saturated rings. The number of rotatable bonds is 6. The minimum absolute atomic E-state index is 0.0382. The predicted octanol–water partition coefficient (Wildman–Crippen LogP) is 2.82. The van der Waals surface area contributed by atoms with Gasteiger partial charge in [-0.25, -0.2) is 0 Å². The summed E-state index contributed by atoms with van der Waals surface area (Å²) < 4.78 is 5.53. The molecule has 0 aliphatic rings. The van der Waals surface area contributed by atoms with Gasteiger partial charge in [0.1, 0.15) is 5.75 Å². The molecule has 1 amide bonds. The lowest BCUT2D eigenvalue weighted by Gasteiger charge is -2.20. The summed E-state index contributed by atoms with van der Waals surface area (Å²) in [5.41, 5.74) is 2.04. The zero-order valence-corrected chi connectivity index (χ0v) is 12.5. The van der Waals surface area contributed by atoms with E-state index < -0.39 is 0 Å². The van der Waals surface area contributed by atoms with Gasteiger partial charge in [0, 0.05) is 12.7 Å². The Morgan fingerprint density at radius 2 is 1.95 bits per heavy atom. The second-order valence-corrected chi connectivity index (χ2v) is 4.83. The van der Waals surface area contributed by atoms with E-state index in [2.05, 4.69) is 4.98 Å². The maximum Gasteiger partial charge on any atom is 0.260 e. The van der Waals surface area contributed by atoms with E-state index in [9.17, 15) is 4.79 Å². The average Bonchev–Trinajstić information content (AvgIpc) is 2.52. The zero-order valence-electron chi connectivity index (χ0n) is 12.5. The second kappa shape index (κ2) is 7.43. The summed E-state index contributed by atoms with van der Waals surface area (Å²) in [6.45, 7) is 5.15. The maximum atomic E-state index is 12.2. The van der Waals surface area contributed by atoms with Crippen molar-refractivity contribution in [3.8, 4) is 5.75 Å². The average molecular weight is 284 g/mol. The van der Waals surface area contributed by atoms with Gasteiger partial charge in [0.25, 0.3) is 5.91 Å². The van der Waals surface area contributed by atoms with Crippen LogP contribution in [0.2, 0.25) is 0 Å². The molecule has 1 heterocycles. The van der Waals surface area contributed by atoms with Crippen LogP contribution in [0.4, 0.5) is 0 Å². The molecule has 2 rings (SSSR count). The topological polar surface area (TPSA) is 42.4 Å². The van der Waals surface area contributed by atoms with Crippen molar-refractivity contribution >= 4 is 5.91 Å². The second-order valence-electron chi connectivity index (χ2n) is 4.83. The molecular formula is C17H20N2O2. The van der Waals surface area contributed by atoms with E-state index in [0.717, 1.165) is 5.69 Å². The molecule has 1 aromatic carbocycles. The lowest BCUT2D eigenvalue weighted by molar-refractivity contribution is -0.133. The van der Waals surface area contributed by atoms with Crippen LogP contribution in [0, 0.1) is 6.92 Å². The molecule has 0 spiro atoms. The molecule has 0 saturated carbocycles. The van der Waals surface area contributed by atoms with Crippen LogP contribution in [-0.4, -0.2) is 28.9 Å². The van der Waals surface area contributed by atoms with Crippen molar-refractivity contribution in [2.75, 3.05) is 13.2 Å². The molecule has 0 N–H and O–H groups in total. The molecule has 4 heteroatoms. The fourth-order valence-electron chi connectivity index (χ4n) is 1.93. The Bertz CT molecular complexity index is 567. The number of nitrogens with zero attached hydrogens (tertiary/aromatic N) is 2. The Kier molecular flexibility index (Phi) is 5.32. The number of aryl methyl sites for hydroxylation is 1. The summed E-state index contributed by atoms with van der Waals surface area (Å²) >= 11 is 0. The molecular weight excluding hydrogens is 264 g/mol. The largest absolute Gasteiger partial charge is 0.484 e. The molecule has 4 nitrogen and oxygen atoms in total. The van der Waals surface area contributed by atoms with Gasteiger partial charge in [0.2, 0.25) is 0 Å². The van der Waals surface area contributed by atoms with E-state index >= 15 is 0 Å². The van der Waals surface area contributed by atoms with Crippen LogP contribution < -0.4 is 4.74 Å². The summed E-state index contributed by atoms with van der Waals surface area (Å²) in [4.78, 5) is 18.2. The van der Waals surface area contributed by atoms with Crippen LogP contribution in [0.15, 0.2) is 48.7 Å². The third-order valence-corrected chi connectivity index (χ3v) is 3.20. The normalized spacial score (nSPS) is 10.2. The number of pyridine rings is 1. The van der Waals surface area contributed by atoms with Crippen molar-refractivity contribution in [1.29, 1.82) is 0 Å². The molecule has 0 unspecified atom stereocenters. The summed E-state index contributed by atoms with van der Waals surface area (Å²) in [5, 5.41) is 0. The highest BCUT2D eigenvalue weighted by atomic mass is 16.5. The molecule has 0 aliphatic carbocycles. The number of likely N-dealkylation sites (N-methyl/N-ethyl adjacent to an activating group) is 1. The summed E-state index contributed by atoms with van der Waals surface area (Å²) in [6, 6.07) is 13.4. The van der Waals surface area contributed by atoms with Crippen molar-refractivity contribution < 1.29 is 9.53 Å². The number of carbonyl (C=O) groups is 1. The van der Waals surface area contributed by atoms with E-state index in [1.165, 1.54) is 5.56 Å². The van der Waals surface area contributed by atoms with Crippen LogP contribution in [-0.2, 0) is 11.3 Å². The minimum Gasteiger partial charge on any atom is -0.484 e. The molecule has 0 aliphatic heterocycles. The smallest absolute Gasteiger partial charge is 0.260 e. The Balaban J connectivity index is 1.89. The first-order chi connectivity index (χ1) is 10.2. The lowest BCUT2D eigenvalue weighted by Crippen LogP contribution is -2.34. The van der Waals surface area contributed by atoms with Crippen LogP contribution in [0.1, 0.15) is 18.2 Å². The van der Waals surface area contributed by atoms with Crippen molar-refractivity contribution in [3.63, 3.8) is 0 Å². The number of ether oxygens (including phenoxy) is 1.